The van der Waals surface area contributed by atoms with Crippen molar-refractivity contribution in [2.75, 3.05) is 16.8 Å². The quantitative estimate of drug-likeness (QED) is 0.441. The van der Waals surface area contributed by atoms with Crippen molar-refractivity contribution in [2.24, 2.45) is 17.8 Å². The highest BCUT2D eigenvalue weighted by atomic mass is 35.5. The number of carbonyl (C=O) groups is 1. The maximum Gasteiger partial charge on any atom is 0.356 e. The minimum atomic E-state index is -1.18. The smallest absolute Gasteiger partial charge is 0.356 e. The van der Waals surface area contributed by atoms with E-state index in [0.29, 0.717) is 40.3 Å². The first kappa shape index (κ1) is 23.0. The molecule has 3 aliphatic rings. The summed E-state index contributed by atoms with van der Waals surface area (Å²) >= 11 is 5.91. The zero-order valence-electron chi connectivity index (χ0n) is 19.8. The molecule has 5 unspecified atom stereocenters. The number of nitrogens with one attached hydrogen (secondary N) is 1. The summed E-state index contributed by atoms with van der Waals surface area (Å²) in [6, 6.07) is 8.86. The zero-order valence-corrected chi connectivity index (χ0v) is 20.6. The van der Waals surface area contributed by atoms with Gasteiger partial charge >= 0.3 is 5.97 Å². The number of hydrogen-bond acceptors (Lipinski definition) is 8. The summed E-state index contributed by atoms with van der Waals surface area (Å²) in [5.74, 6) is 0.601. The molecule has 6 atom stereocenters. The van der Waals surface area contributed by atoms with Crippen molar-refractivity contribution in [2.45, 2.75) is 44.9 Å². The Kier molecular flexibility index (Phi) is 5.28. The Labute approximate surface area is 212 Å². The van der Waals surface area contributed by atoms with E-state index in [1.54, 1.807) is 6.07 Å². The molecule has 0 radical (unpaired) electrons. The van der Waals surface area contributed by atoms with Gasteiger partial charge in [0.25, 0.3) is 0 Å². The van der Waals surface area contributed by atoms with E-state index in [-0.39, 0.29) is 28.6 Å². The van der Waals surface area contributed by atoms with Crippen LogP contribution in [0.4, 0.5) is 11.5 Å². The number of aliphatic hydroxyl groups excluding tert-OH is 1. The van der Waals surface area contributed by atoms with Crippen LogP contribution in [0.25, 0.3) is 11.0 Å². The molecule has 3 aromatic rings. The van der Waals surface area contributed by atoms with E-state index in [1.165, 1.54) is 6.07 Å². The van der Waals surface area contributed by atoms with Gasteiger partial charge in [-0.3, -0.25) is 0 Å². The molecule has 3 fully saturated rings. The number of aromatic nitrogens is 3. The fraction of sp³-hybridized carbons (Fsp3) is 0.423. The Hall–Kier alpha value is -3.48. The molecule has 2 bridgehead atoms. The lowest BCUT2D eigenvalue weighted by Crippen LogP contribution is -2.41. The van der Waals surface area contributed by atoms with Crippen LogP contribution in [0.15, 0.2) is 24.3 Å². The number of carboxylic acid groups (broad SMARTS) is 1. The number of halogens is 1. The first-order valence-corrected chi connectivity index (χ1v) is 12.5. The van der Waals surface area contributed by atoms with Crippen LogP contribution in [-0.4, -0.2) is 49.8 Å². The van der Waals surface area contributed by atoms with E-state index in [1.807, 2.05) is 26.0 Å². The monoisotopic (exact) mass is 504 g/mol. The van der Waals surface area contributed by atoms with Crippen molar-refractivity contribution in [1.29, 1.82) is 5.26 Å². The summed E-state index contributed by atoms with van der Waals surface area (Å²) < 4.78 is 0. The van der Waals surface area contributed by atoms with Gasteiger partial charge in [0.1, 0.15) is 11.2 Å². The molecule has 1 aliphatic heterocycles. The fourth-order valence-corrected chi connectivity index (χ4v) is 6.76. The normalized spacial score (nSPS) is 26.9. The highest BCUT2D eigenvalue weighted by Gasteiger charge is 2.59. The molecule has 3 N–H and O–H groups in total. The van der Waals surface area contributed by atoms with Gasteiger partial charge in [-0.2, -0.15) is 5.26 Å². The van der Waals surface area contributed by atoms with E-state index < -0.39 is 12.1 Å². The van der Waals surface area contributed by atoms with E-state index >= 15 is 0 Å². The Balaban J connectivity index is 1.44. The SMILES string of the molecule is Cc1cc([C@@H](C)Nc2ccc(Cl)nc2C(=O)O)c2nc(N3CC4CC5CC4C3C5O)c(C#N)nc2c1. The highest BCUT2D eigenvalue weighted by molar-refractivity contribution is 6.29. The third-order valence-electron chi connectivity index (χ3n) is 8.05. The summed E-state index contributed by atoms with van der Waals surface area (Å²) in [7, 11) is 0. The van der Waals surface area contributed by atoms with Gasteiger partial charge in [-0.25, -0.2) is 19.7 Å². The van der Waals surface area contributed by atoms with E-state index in [2.05, 4.69) is 26.3 Å². The highest BCUT2D eigenvalue weighted by Crippen LogP contribution is 2.55. The third-order valence-corrected chi connectivity index (χ3v) is 8.26. The number of hydrogen-bond donors (Lipinski definition) is 3. The molecule has 0 amide bonds. The maximum absolute atomic E-state index is 11.7. The molecule has 2 aromatic heterocycles. The lowest BCUT2D eigenvalue weighted by atomic mass is 9.88. The molecule has 0 spiro atoms. The van der Waals surface area contributed by atoms with Crippen LogP contribution in [0.1, 0.15) is 53.1 Å². The van der Waals surface area contributed by atoms with Gasteiger partial charge in [-0.1, -0.05) is 17.7 Å². The Bertz CT molecular complexity index is 1450. The largest absolute Gasteiger partial charge is 0.476 e. The van der Waals surface area contributed by atoms with Crippen LogP contribution in [0.5, 0.6) is 0 Å². The number of anilines is 2. The number of benzene rings is 1. The van der Waals surface area contributed by atoms with Crippen LogP contribution >= 0.6 is 11.6 Å². The molecule has 1 aromatic carbocycles. The van der Waals surface area contributed by atoms with Gasteiger partial charge in [-0.05, 0) is 68.2 Å². The lowest BCUT2D eigenvalue weighted by Gasteiger charge is -2.30. The lowest BCUT2D eigenvalue weighted by molar-refractivity contribution is 0.0691. The van der Waals surface area contributed by atoms with E-state index in [9.17, 15) is 20.3 Å². The summed E-state index contributed by atoms with van der Waals surface area (Å²) in [5.41, 5.74) is 3.43. The van der Waals surface area contributed by atoms with Crippen LogP contribution in [0.2, 0.25) is 5.15 Å². The van der Waals surface area contributed by atoms with Crippen molar-refractivity contribution >= 4 is 40.1 Å². The number of nitriles is 1. The molecule has 3 heterocycles. The van der Waals surface area contributed by atoms with Crippen molar-refractivity contribution in [3.05, 3.63) is 51.9 Å². The van der Waals surface area contributed by atoms with Crippen molar-refractivity contribution in [3.8, 4) is 6.07 Å². The number of aliphatic hydroxyl groups is 1. The average molecular weight is 505 g/mol. The summed E-state index contributed by atoms with van der Waals surface area (Å²) in [5, 5.41) is 33.8. The number of carboxylic acids is 1. The molecule has 36 heavy (non-hydrogen) atoms. The summed E-state index contributed by atoms with van der Waals surface area (Å²) in [4.78, 5) is 27.5. The second-order valence-corrected chi connectivity index (χ2v) is 10.6. The Morgan fingerprint density at radius 3 is 2.78 bits per heavy atom. The molecule has 184 valence electrons. The number of nitrogens with zero attached hydrogens (tertiary/aromatic N) is 5. The summed E-state index contributed by atoms with van der Waals surface area (Å²) in [6.07, 6.45) is 1.64. The van der Waals surface area contributed by atoms with Gasteiger partial charge < -0.3 is 20.4 Å². The molecule has 10 heteroatoms. The molecular weight excluding hydrogens is 480 g/mol. The first-order valence-electron chi connectivity index (χ1n) is 12.1. The van der Waals surface area contributed by atoms with Crippen LogP contribution in [0, 0.1) is 36.0 Å². The second kappa shape index (κ2) is 8.29. The Morgan fingerprint density at radius 1 is 1.25 bits per heavy atom. The average Bonchev–Trinajstić information content (AvgIpc) is 3.47. The van der Waals surface area contributed by atoms with Crippen molar-refractivity contribution in [3.63, 3.8) is 0 Å². The third kappa shape index (κ3) is 3.47. The number of fused-ring (bicyclic) bond motifs is 2. The molecule has 6 rings (SSSR count). The molecular formula is C26H25ClN6O3. The molecule has 1 saturated heterocycles. The van der Waals surface area contributed by atoms with Crippen LogP contribution in [0.3, 0.4) is 0 Å². The van der Waals surface area contributed by atoms with Gasteiger partial charge in [0.15, 0.2) is 17.2 Å². The predicted molar refractivity (Wildman–Crippen MR) is 134 cm³/mol. The number of rotatable bonds is 5. The van der Waals surface area contributed by atoms with E-state index in [4.69, 9.17) is 16.6 Å². The van der Waals surface area contributed by atoms with Crippen molar-refractivity contribution in [1.82, 2.24) is 15.0 Å². The summed E-state index contributed by atoms with van der Waals surface area (Å²) in [6.45, 7) is 4.62. The van der Waals surface area contributed by atoms with Crippen LogP contribution in [-0.2, 0) is 0 Å². The second-order valence-electron chi connectivity index (χ2n) is 10.2. The molecule has 2 saturated carbocycles. The Morgan fingerprint density at radius 2 is 2.06 bits per heavy atom. The maximum atomic E-state index is 11.7. The van der Waals surface area contributed by atoms with Crippen LogP contribution < -0.4 is 10.2 Å². The zero-order chi connectivity index (χ0) is 25.3. The van der Waals surface area contributed by atoms with Gasteiger partial charge in [0.05, 0.1) is 34.9 Å². The first-order chi connectivity index (χ1) is 17.2. The number of aromatic carboxylic acids is 1. The molecule has 9 nitrogen and oxygen atoms in total. The standard InChI is InChI=1S/C26H25ClN6O3/c1-11-5-15(12(2)29-17-3-4-20(27)31-22(17)26(35)36)21-18(6-11)30-19(9-28)25(32-21)33-10-14-7-13-8-16(14)23(33)24(13)34/h3-6,12-14,16,23-24,29,34H,7-8,10H2,1-2H3,(H,35,36)/t12-,13?,14?,16?,23?,24?/m1/s1. The molecule has 2 aliphatic carbocycles. The predicted octanol–water partition coefficient (Wildman–Crippen LogP) is 3.94. The minimum Gasteiger partial charge on any atom is -0.476 e. The van der Waals surface area contributed by atoms with Crippen molar-refractivity contribution < 1.29 is 15.0 Å². The fourth-order valence-electron chi connectivity index (χ4n) is 6.61. The number of aryl methyl sites for hydroxylation is 1. The van der Waals surface area contributed by atoms with E-state index in [0.717, 1.165) is 30.5 Å². The number of pyridine rings is 1. The minimum absolute atomic E-state index is 0.0321. The van der Waals surface area contributed by atoms with Gasteiger partial charge in [-0.15, -0.1) is 0 Å². The van der Waals surface area contributed by atoms with Gasteiger partial charge in [0, 0.05) is 12.1 Å². The van der Waals surface area contributed by atoms with Gasteiger partial charge in [0.2, 0.25) is 0 Å². The topological polar surface area (TPSA) is 135 Å².